The van der Waals surface area contributed by atoms with Crippen LogP contribution in [-0.4, -0.2) is 29.8 Å². The highest BCUT2D eigenvalue weighted by Gasteiger charge is 2.24. The van der Waals surface area contributed by atoms with Gasteiger partial charge in [-0.3, -0.25) is 14.4 Å². The van der Waals surface area contributed by atoms with Gasteiger partial charge >= 0.3 is 0 Å². The summed E-state index contributed by atoms with van der Waals surface area (Å²) in [6.45, 7) is 3.09. The second-order valence-corrected chi connectivity index (χ2v) is 4.81. The molecule has 0 unspecified atom stereocenters. The number of hydrogen-bond acceptors (Lipinski definition) is 3. The predicted octanol–water partition coefficient (Wildman–Crippen LogP) is 0.114. The molecule has 6 nitrogen and oxygen atoms in total. The van der Waals surface area contributed by atoms with E-state index in [2.05, 4.69) is 10.6 Å². The van der Waals surface area contributed by atoms with Gasteiger partial charge in [-0.15, -0.1) is 0 Å². The Balaban J connectivity index is 2.79. The molecular weight excluding hydrogens is 270 g/mol. The van der Waals surface area contributed by atoms with E-state index >= 15 is 0 Å². The molecule has 1 aromatic rings. The van der Waals surface area contributed by atoms with Crippen LogP contribution in [0.25, 0.3) is 0 Å². The van der Waals surface area contributed by atoms with E-state index in [1.807, 2.05) is 30.3 Å². The van der Waals surface area contributed by atoms with Crippen molar-refractivity contribution in [1.29, 1.82) is 0 Å². The largest absolute Gasteiger partial charge is 0.368 e. The maximum Gasteiger partial charge on any atom is 0.243 e. The van der Waals surface area contributed by atoms with Gasteiger partial charge in [-0.25, -0.2) is 0 Å². The van der Waals surface area contributed by atoms with E-state index in [-0.39, 0.29) is 5.91 Å². The highest BCUT2D eigenvalue weighted by molar-refractivity contribution is 5.91. The van der Waals surface area contributed by atoms with E-state index in [0.29, 0.717) is 12.8 Å². The number of nitrogens with two attached hydrogens (primary N) is 1. The maximum atomic E-state index is 12.2. The van der Waals surface area contributed by atoms with Gasteiger partial charge in [0.25, 0.3) is 0 Å². The van der Waals surface area contributed by atoms with Gasteiger partial charge in [0.1, 0.15) is 12.1 Å². The minimum atomic E-state index is -0.738. The second-order valence-electron chi connectivity index (χ2n) is 4.81. The Morgan fingerprint density at radius 2 is 1.71 bits per heavy atom. The molecule has 0 saturated carbocycles. The summed E-state index contributed by atoms with van der Waals surface area (Å²) in [6, 6.07) is 7.85. The van der Waals surface area contributed by atoms with Crippen LogP contribution in [0.4, 0.5) is 0 Å². The van der Waals surface area contributed by atoms with Crippen LogP contribution in [0.1, 0.15) is 25.8 Å². The predicted molar refractivity (Wildman–Crippen MR) is 79.2 cm³/mol. The number of hydrogen-bond donors (Lipinski definition) is 3. The summed E-state index contributed by atoms with van der Waals surface area (Å²) in [7, 11) is 0. The fraction of sp³-hybridized carbons (Fsp3) is 0.400. The van der Waals surface area contributed by atoms with Crippen molar-refractivity contribution in [1.82, 2.24) is 10.6 Å². The number of rotatable bonds is 7. The topological polar surface area (TPSA) is 101 Å². The summed E-state index contributed by atoms with van der Waals surface area (Å²) in [6.07, 6.45) is 0.751. The summed E-state index contributed by atoms with van der Waals surface area (Å²) < 4.78 is 0. The molecule has 1 aromatic carbocycles. The summed E-state index contributed by atoms with van der Waals surface area (Å²) in [5, 5.41) is 5.16. The minimum absolute atomic E-state index is 0.307. The van der Waals surface area contributed by atoms with Crippen LogP contribution < -0.4 is 16.4 Å². The third-order valence-electron chi connectivity index (χ3n) is 3.04. The van der Waals surface area contributed by atoms with E-state index in [1.165, 1.54) is 6.92 Å². The average Bonchev–Trinajstić information content (AvgIpc) is 2.44. The molecule has 0 aliphatic heterocycles. The highest BCUT2D eigenvalue weighted by atomic mass is 16.2. The van der Waals surface area contributed by atoms with Gasteiger partial charge in [0.2, 0.25) is 17.7 Å². The van der Waals surface area contributed by atoms with Gasteiger partial charge in [-0.05, 0) is 12.0 Å². The number of amides is 3. The fourth-order valence-corrected chi connectivity index (χ4v) is 1.95. The van der Waals surface area contributed by atoms with Crippen LogP contribution in [0.3, 0.4) is 0 Å². The zero-order chi connectivity index (χ0) is 15.8. The average molecular weight is 291 g/mol. The minimum Gasteiger partial charge on any atom is -0.368 e. The summed E-state index contributed by atoms with van der Waals surface area (Å²) in [5.41, 5.74) is 6.12. The van der Waals surface area contributed by atoms with Crippen molar-refractivity contribution < 1.29 is 14.4 Å². The molecule has 21 heavy (non-hydrogen) atoms. The SMILES string of the molecule is CC[C@H](NC(=O)[C@@H](Cc1ccccc1)NC(C)=O)C(N)=O. The fourth-order valence-electron chi connectivity index (χ4n) is 1.95. The van der Waals surface area contributed by atoms with E-state index in [4.69, 9.17) is 5.73 Å². The zero-order valence-corrected chi connectivity index (χ0v) is 12.3. The van der Waals surface area contributed by atoms with Crippen LogP contribution >= 0.6 is 0 Å². The molecule has 0 aliphatic rings. The normalized spacial score (nSPS) is 13.0. The molecule has 6 heteroatoms. The number of benzene rings is 1. The zero-order valence-electron chi connectivity index (χ0n) is 12.3. The van der Waals surface area contributed by atoms with Gasteiger partial charge < -0.3 is 16.4 Å². The summed E-state index contributed by atoms with van der Waals surface area (Å²) in [4.78, 5) is 34.7. The van der Waals surface area contributed by atoms with Crippen molar-refractivity contribution >= 4 is 17.7 Å². The molecule has 4 N–H and O–H groups in total. The lowest BCUT2D eigenvalue weighted by Crippen LogP contribution is -2.53. The first-order chi connectivity index (χ1) is 9.93. The Kier molecular flexibility index (Phi) is 6.39. The first-order valence-corrected chi connectivity index (χ1v) is 6.84. The molecule has 0 bridgehead atoms. The molecule has 2 atom stereocenters. The van der Waals surface area contributed by atoms with E-state index in [1.54, 1.807) is 6.92 Å². The molecule has 114 valence electrons. The van der Waals surface area contributed by atoms with Gasteiger partial charge in [-0.1, -0.05) is 37.3 Å². The van der Waals surface area contributed by atoms with Crippen LogP contribution in [0, 0.1) is 0 Å². The van der Waals surface area contributed by atoms with Crippen LogP contribution in [0.15, 0.2) is 30.3 Å². The second kappa shape index (κ2) is 8.04. The van der Waals surface area contributed by atoms with Crippen molar-refractivity contribution in [3.63, 3.8) is 0 Å². The number of nitrogens with one attached hydrogen (secondary N) is 2. The molecule has 0 fully saturated rings. The quantitative estimate of drug-likeness (QED) is 0.664. The lowest BCUT2D eigenvalue weighted by molar-refractivity contribution is -0.130. The van der Waals surface area contributed by atoms with E-state index < -0.39 is 23.9 Å². The van der Waals surface area contributed by atoms with Crippen molar-refractivity contribution in [3.8, 4) is 0 Å². The summed E-state index contributed by atoms with van der Waals surface area (Å²) >= 11 is 0. The first-order valence-electron chi connectivity index (χ1n) is 6.84. The standard InChI is InChI=1S/C15H21N3O3/c1-3-12(14(16)20)18-15(21)13(17-10(2)19)9-11-7-5-4-6-8-11/h4-8,12-13H,3,9H2,1-2H3,(H2,16,20)(H,17,19)(H,18,21)/t12-,13+/m0/s1. The molecule has 0 aromatic heterocycles. The van der Waals surface area contributed by atoms with Gasteiger partial charge in [0, 0.05) is 13.3 Å². The number of carbonyl (C=O) groups excluding carboxylic acids is 3. The molecule has 0 radical (unpaired) electrons. The maximum absolute atomic E-state index is 12.2. The van der Waals surface area contributed by atoms with E-state index in [9.17, 15) is 14.4 Å². The monoisotopic (exact) mass is 291 g/mol. The lowest BCUT2D eigenvalue weighted by Gasteiger charge is -2.20. The van der Waals surface area contributed by atoms with Crippen LogP contribution in [0.2, 0.25) is 0 Å². The van der Waals surface area contributed by atoms with Gasteiger partial charge in [0.05, 0.1) is 0 Å². The molecular formula is C15H21N3O3. The molecule has 0 aliphatic carbocycles. The smallest absolute Gasteiger partial charge is 0.243 e. The van der Waals surface area contributed by atoms with Crippen molar-refractivity contribution in [2.45, 2.75) is 38.8 Å². The Bertz CT molecular complexity index is 502. The third kappa shape index (κ3) is 5.64. The highest BCUT2D eigenvalue weighted by Crippen LogP contribution is 2.04. The molecule has 3 amide bonds. The lowest BCUT2D eigenvalue weighted by atomic mass is 10.0. The Hall–Kier alpha value is -2.37. The van der Waals surface area contributed by atoms with Crippen molar-refractivity contribution in [3.05, 3.63) is 35.9 Å². The van der Waals surface area contributed by atoms with Gasteiger partial charge in [0.15, 0.2) is 0 Å². The molecule has 0 saturated heterocycles. The van der Waals surface area contributed by atoms with Crippen LogP contribution in [-0.2, 0) is 20.8 Å². The number of carbonyl (C=O) groups is 3. The molecule has 0 spiro atoms. The Morgan fingerprint density at radius 1 is 1.10 bits per heavy atom. The van der Waals surface area contributed by atoms with Gasteiger partial charge in [-0.2, -0.15) is 0 Å². The van der Waals surface area contributed by atoms with Crippen molar-refractivity contribution in [2.75, 3.05) is 0 Å². The summed E-state index contributed by atoms with van der Waals surface area (Å²) in [5.74, 6) is -1.31. The van der Waals surface area contributed by atoms with Crippen molar-refractivity contribution in [2.24, 2.45) is 5.73 Å². The van der Waals surface area contributed by atoms with E-state index in [0.717, 1.165) is 5.56 Å². The molecule has 1 rings (SSSR count). The Morgan fingerprint density at radius 3 is 2.19 bits per heavy atom. The third-order valence-corrected chi connectivity index (χ3v) is 3.04. The van der Waals surface area contributed by atoms with Crippen LogP contribution in [0.5, 0.6) is 0 Å². The number of primary amides is 1. The first kappa shape index (κ1) is 16.7. The molecule has 0 heterocycles. The Labute approximate surface area is 124 Å².